The molecule has 1 aromatic heterocycles. The van der Waals surface area contributed by atoms with E-state index < -0.39 is 0 Å². The van der Waals surface area contributed by atoms with Crippen LogP contribution in [0.5, 0.6) is 0 Å². The van der Waals surface area contributed by atoms with E-state index in [9.17, 15) is 0 Å². The van der Waals surface area contributed by atoms with E-state index >= 15 is 0 Å². The second kappa shape index (κ2) is 5.22. The Morgan fingerprint density at radius 1 is 1.62 bits per heavy atom. The van der Waals surface area contributed by atoms with Gasteiger partial charge in [-0.05, 0) is 5.92 Å². The molecule has 0 aliphatic rings. The van der Waals surface area contributed by atoms with E-state index in [0.29, 0.717) is 11.8 Å². The quantitative estimate of drug-likeness (QED) is 0.684. The van der Waals surface area contributed by atoms with Crippen LogP contribution in [0.2, 0.25) is 0 Å². The third-order valence-corrected chi connectivity index (χ3v) is 2.32. The van der Waals surface area contributed by atoms with E-state index in [0.717, 1.165) is 18.7 Å². The molecule has 0 N–H and O–H groups in total. The predicted molar refractivity (Wildman–Crippen MR) is 53.9 cm³/mol. The average molecular weight is 202 g/mol. The second-order valence-corrected chi connectivity index (χ2v) is 3.76. The van der Waals surface area contributed by atoms with Gasteiger partial charge in [0.05, 0.1) is 5.69 Å². The fourth-order valence-electron chi connectivity index (χ4n) is 1.09. The maximum absolute atomic E-state index is 5.60. The molecule has 74 valence electrons. The minimum absolute atomic E-state index is 0.613. The number of halogens is 1. The third kappa shape index (κ3) is 3.35. The van der Waals surface area contributed by atoms with Crippen LogP contribution in [0.1, 0.15) is 26.0 Å². The first kappa shape index (κ1) is 10.5. The number of aromatic nitrogens is 3. The zero-order valence-corrected chi connectivity index (χ0v) is 8.96. The molecule has 0 aliphatic heterocycles. The predicted octanol–water partition coefficient (Wildman–Crippen LogP) is 2.11. The van der Waals surface area contributed by atoms with Crippen LogP contribution in [0.25, 0.3) is 0 Å². The zero-order valence-electron chi connectivity index (χ0n) is 8.20. The number of hydrogen-bond donors (Lipinski definition) is 0. The fraction of sp³-hybridized carbons (Fsp3) is 0.778. The number of aryl methyl sites for hydroxylation is 1. The Morgan fingerprint density at radius 2 is 2.38 bits per heavy atom. The molecule has 1 unspecified atom stereocenters. The SMILES string of the molecule is CCC(C)Cn1cc(CCCl)nn1. The molecule has 13 heavy (non-hydrogen) atoms. The number of hydrogen-bond acceptors (Lipinski definition) is 2. The normalized spacial score (nSPS) is 13.2. The monoisotopic (exact) mass is 201 g/mol. The summed E-state index contributed by atoms with van der Waals surface area (Å²) in [6, 6.07) is 0. The van der Waals surface area contributed by atoms with Crippen LogP contribution in [0, 0.1) is 5.92 Å². The Bertz CT molecular complexity index is 247. The van der Waals surface area contributed by atoms with Crippen LogP contribution >= 0.6 is 11.6 Å². The van der Waals surface area contributed by atoms with Crippen molar-refractivity contribution in [3.63, 3.8) is 0 Å². The van der Waals surface area contributed by atoms with Crippen molar-refractivity contribution in [2.75, 3.05) is 5.88 Å². The van der Waals surface area contributed by atoms with Crippen molar-refractivity contribution in [2.45, 2.75) is 33.2 Å². The summed E-state index contributed by atoms with van der Waals surface area (Å²) in [7, 11) is 0. The standard InChI is InChI=1S/C9H16ClN3/c1-3-8(2)6-13-7-9(4-5-10)11-12-13/h7-8H,3-6H2,1-2H3. The molecule has 0 radical (unpaired) electrons. The fourth-order valence-corrected chi connectivity index (χ4v) is 1.28. The molecule has 0 bridgehead atoms. The molecular weight excluding hydrogens is 186 g/mol. The highest BCUT2D eigenvalue weighted by molar-refractivity contribution is 6.17. The van der Waals surface area contributed by atoms with Gasteiger partial charge in [-0.3, -0.25) is 4.68 Å². The molecule has 1 rings (SSSR count). The van der Waals surface area contributed by atoms with Crippen molar-refractivity contribution in [1.29, 1.82) is 0 Å². The first-order valence-corrected chi connectivity index (χ1v) is 5.24. The lowest BCUT2D eigenvalue weighted by Gasteiger charge is -2.06. The van der Waals surface area contributed by atoms with Crippen molar-refractivity contribution >= 4 is 11.6 Å². The van der Waals surface area contributed by atoms with Crippen LogP contribution in [-0.4, -0.2) is 20.9 Å². The summed E-state index contributed by atoms with van der Waals surface area (Å²) in [5.41, 5.74) is 0.985. The summed E-state index contributed by atoms with van der Waals surface area (Å²) < 4.78 is 1.90. The minimum atomic E-state index is 0.613. The van der Waals surface area contributed by atoms with Gasteiger partial charge in [-0.1, -0.05) is 25.5 Å². The van der Waals surface area contributed by atoms with E-state index in [-0.39, 0.29) is 0 Å². The van der Waals surface area contributed by atoms with Crippen LogP contribution in [-0.2, 0) is 13.0 Å². The van der Waals surface area contributed by atoms with Crippen molar-refractivity contribution in [3.05, 3.63) is 11.9 Å². The van der Waals surface area contributed by atoms with Gasteiger partial charge in [0.2, 0.25) is 0 Å². The summed E-state index contributed by atoms with van der Waals surface area (Å²) in [5, 5.41) is 8.05. The molecular formula is C9H16ClN3. The average Bonchev–Trinajstić information content (AvgIpc) is 2.53. The molecule has 0 saturated heterocycles. The van der Waals surface area contributed by atoms with Crippen molar-refractivity contribution in [1.82, 2.24) is 15.0 Å². The van der Waals surface area contributed by atoms with Gasteiger partial charge in [-0.15, -0.1) is 16.7 Å². The van der Waals surface area contributed by atoms with Crippen LogP contribution in [0.15, 0.2) is 6.20 Å². The van der Waals surface area contributed by atoms with Crippen molar-refractivity contribution in [2.24, 2.45) is 5.92 Å². The molecule has 0 aliphatic carbocycles. The van der Waals surface area contributed by atoms with Crippen LogP contribution < -0.4 is 0 Å². The van der Waals surface area contributed by atoms with Crippen LogP contribution in [0.4, 0.5) is 0 Å². The molecule has 0 saturated carbocycles. The lowest BCUT2D eigenvalue weighted by molar-refractivity contribution is 0.431. The Hall–Kier alpha value is -0.570. The first-order chi connectivity index (χ1) is 6.26. The highest BCUT2D eigenvalue weighted by atomic mass is 35.5. The highest BCUT2D eigenvalue weighted by Gasteiger charge is 2.03. The number of alkyl halides is 1. The molecule has 3 nitrogen and oxygen atoms in total. The summed E-state index contributed by atoms with van der Waals surface area (Å²) in [6.07, 6.45) is 3.96. The smallest absolute Gasteiger partial charge is 0.0839 e. The summed E-state index contributed by atoms with van der Waals surface area (Å²) >= 11 is 5.60. The van der Waals surface area contributed by atoms with Gasteiger partial charge >= 0.3 is 0 Å². The molecule has 1 atom stereocenters. The van der Waals surface area contributed by atoms with Gasteiger partial charge in [0.1, 0.15) is 0 Å². The Kier molecular flexibility index (Phi) is 4.22. The van der Waals surface area contributed by atoms with Crippen LogP contribution in [0.3, 0.4) is 0 Å². The largest absolute Gasteiger partial charge is 0.252 e. The van der Waals surface area contributed by atoms with Gasteiger partial charge in [0.15, 0.2) is 0 Å². The topological polar surface area (TPSA) is 30.7 Å². The molecule has 1 heterocycles. The van der Waals surface area contributed by atoms with Crippen molar-refractivity contribution < 1.29 is 0 Å². The van der Waals surface area contributed by atoms with Gasteiger partial charge < -0.3 is 0 Å². The van der Waals surface area contributed by atoms with Gasteiger partial charge in [-0.25, -0.2) is 0 Å². The Labute approximate surface area is 84.1 Å². The Balaban J connectivity index is 2.48. The van der Waals surface area contributed by atoms with Gasteiger partial charge in [0.25, 0.3) is 0 Å². The van der Waals surface area contributed by atoms with Gasteiger partial charge in [0, 0.05) is 25.0 Å². The molecule has 0 amide bonds. The molecule has 0 fully saturated rings. The summed E-state index contributed by atoms with van der Waals surface area (Å²) in [4.78, 5) is 0. The zero-order chi connectivity index (χ0) is 9.68. The maximum atomic E-state index is 5.60. The van der Waals surface area contributed by atoms with E-state index in [4.69, 9.17) is 11.6 Å². The molecule has 0 spiro atoms. The van der Waals surface area contributed by atoms with E-state index in [1.807, 2.05) is 10.9 Å². The summed E-state index contributed by atoms with van der Waals surface area (Å²) in [5.74, 6) is 1.27. The Morgan fingerprint density at radius 3 is 3.00 bits per heavy atom. The third-order valence-electron chi connectivity index (χ3n) is 2.13. The molecule has 0 aromatic carbocycles. The number of nitrogens with zero attached hydrogens (tertiary/aromatic N) is 3. The molecule has 1 aromatic rings. The van der Waals surface area contributed by atoms with E-state index in [1.165, 1.54) is 6.42 Å². The highest BCUT2D eigenvalue weighted by Crippen LogP contribution is 2.04. The number of rotatable bonds is 5. The lowest BCUT2D eigenvalue weighted by atomic mass is 10.1. The van der Waals surface area contributed by atoms with Crippen molar-refractivity contribution in [3.8, 4) is 0 Å². The molecule has 4 heteroatoms. The van der Waals surface area contributed by atoms with E-state index in [2.05, 4.69) is 24.2 Å². The first-order valence-electron chi connectivity index (χ1n) is 4.71. The lowest BCUT2D eigenvalue weighted by Crippen LogP contribution is -2.07. The van der Waals surface area contributed by atoms with Gasteiger partial charge in [-0.2, -0.15) is 0 Å². The van der Waals surface area contributed by atoms with E-state index in [1.54, 1.807) is 0 Å². The summed E-state index contributed by atoms with van der Waals surface area (Å²) in [6.45, 7) is 5.34. The second-order valence-electron chi connectivity index (χ2n) is 3.38. The minimum Gasteiger partial charge on any atom is -0.252 e. The maximum Gasteiger partial charge on any atom is 0.0839 e.